The van der Waals surface area contributed by atoms with Gasteiger partial charge in [0, 0.05) is 11.7 Å². The van der Waals surface area contributed by atoms with Crippen LogP contribution in [0.15, 0.2) is 18.2 Å². The van der Waals surface area contributed by atoms with Gasteiger partial charge in [0.1, 0.15) is 5.82 Å². The quantitative estimate of drug-likeness (QED) is 0.572. The maximum atomic E-state index is 12.9. The zero-order valence-electron chi connectivity index (χ0n) is 12.4. The third kappa shape index (κ3) is 4.94. The summed E-state index contributed by atoms with van der Waals surface area (Å²) in [7, 11) is 0. The van der Waals surface area contributed by atoms with Crippen LogP contribution >= 0.6 is 0 Å². The van der Waals surface area contributed by atoms with Crippen LogP contribution in [0.2, 0.25) is 0 Å². The van der Waals surface area contributed by atoms with E-state index in [4.69, 9.17) is 10.5 Å². The summed E-state index contributed by atoms with van der Waals surface area (Å²) < 4.78 is 17.6. The van der Waals surface area contributed by atoms with Crippen molar-refractivity contribution in [3.63, 3.8) is 0 Å². The van der Waals surface area contributed by atoms with Crippen molar-refractivity contribution >= 4 is 23.6 Å². The zero-order valence-corrected chi connectivity index (χ0v) is 12.4. The molecular weight excluding hydrogens is 305 g/mol. The Labute approximate surface area is 132 Å². The first-order chi connectivity index (χ1) is 11.0. The Kier molecular flexibility index (Phi) is 5.51. The SMILES string of the molecule is Nc1cc(F)ccc1C(=O)OCC(=O)NC(=O)NC1CCCC1. The van der Waals surface area contributed by atoms with Gasteiger partial charge in [-0.2, -0.15) is 0 Å². The Bertz CT molecular complexity index is 615. The molecular formula is C15H18FN3O4. The summed E-state index contributed by atoms with van der Waals surface area (Å²) in [4.78, 5) is 34.9. The van der Waals surface area contributed by atoms with Crippen molar-refractivity contribution in [3.05, 3.63) is 29.6 Å². The molecule has 8 heteroatoms. The number of halogens is 1. The van der Waals surface area contributed by atoms with Gasteiger partial charge in [-0.3, -0.25) is 10.1 Å². The number of amides is 3. The highest BCUT2D eigenvalue weighted by atomic mass is 19.1. The van der Waals surface area contributed by atoms with E-state index >= 15 is 0 Å². The monoisotopic (exact) mass is 323 g/mol. The van der Waals surface area contributed by atoms with E-state index in [0.717, 1.165) is 43.9 Å². The number of nitrogens with two attached hydrogens (primary N) is 1. The van der Waals surface area contributed by atoms with Crippen molar-refractivity contribution < 1.29 is 23.5 Å². The number of hydrogen-bond donors (Lipinski definition) is 3. The van der Waals surface area contributed by atoms with Gasteiger partial charge >= 0.3 is 12.0 Å². The van der Waals surface area contributed by atoms with Gasteiger partial charge in [-0.15, -0.1) is 0 Å². The normalized spacial score (nSPS) is 14.3. The fourth-order valence-electron chi connectivity index (χ4n) is 2.38. The number of nitrogen functional groups attached to an aromatic ring is 1. The topological polar surface area (TPSA) is 111 Å². The maximum absolute atomic E-state index is 12.9. The van der Waals surface area contributed by atoms with Gasteiger partial charge in [-0.1, -0.05) is 12.8 Å². The molecule has 1 aliphatic rings. The summed E-state index contributed by atoms with van der Waals surface area (Å²) in [6, 6.07) is 2.66. The van der Waals surface area contributed by atoms with Crippen LogP contribution in [-0.2, 0) is 9.53 Å². The molecule has 0 atom stereocenters. The van der Waals surface area contributed by atoms with Crippen molar-refractivity contribution in [3.8, 4) is 0 Å². The van der Waals surface area contributed by atoms with E-state index in [2.05, 4.69) is 10.6 Å². The first kappa shape index (κ1) is 16.7. The Balaban J connectivity index is 1.77. The van der Waals surface area contributed by atoms with Gasteiger partial charge in [-0.25, -0.2) is 14.0 Å². The van der Waals surface area contributed by atoms with Crippen LogP contribution in [0.5, 0.6) is 0 Å². The predicted octanol–water partition coefficient (Wildman–Crippen LogP) is 1.33. The fourth-order valence-corrected chi connectivity index (χ4v) is 2.38. The lowest BCUT2D eigenvalue weighted by Gasteiger charge is -2.12. The molecule has 0 unspecified atom stereocenters. The summed E-state index contributed by atoms with van der Waals surface area (Å²) in [5.74, 6) is -2.20. The van der Waals surface area contributed by atoms with Crippen molar-refractivity contribution in [2.45, 2.75) is 31.7 Å². The van der Waals surface area contributed by atoms with Crippen LogP contribution in [0.4, 0.5) is 14.9 Å². The standard InChI is InChI=1S/C15H18FN3O4/c16-9-5-6-11(12(17)7-9)14(21)23-8-13(20)19-15(22)18-10-3-1-2-4-10/h5-7,10H,1-4,8,17H2,(H2,18,19,20,22). The molecule has 0 radical (unpaired) electrons. The van der Waals surface area contributed by atoms with Crippen molar-refractivity contribution in [1.29, 1.82) is 0 Å². The molecule has 0 spiro atoms. The molecule has 1 aliphatic carbocycles. The van der Waals surface area contributed by atoms with E-state index in [0.29, 0.717) is 0 Å². The molecule has 3 amide bonds. The molecule has 1 saturated carbocycles. The number of esters is 1. The Morgan fingerprint density at radius 1 is 1.26 bits per heavy atom. The number of ether oxygens (including phenoxy) is 1. The summed E-state index contributed by atoms with van der Waals surface area (Å²) in [5, 5.41) is 4.75. The van der Waals surface area contributed by atoms with Crippen molar-refractivity contribution in [1.82, 2.24) is 10.6 Å². The summed E-state index contributed by atoms with van der Waals surface area (Å²) in [6.07, 6.45) is 3.88. The predicted molar refractivity (Wildman–Crippen MR) is 80.0 cm³/mol. The smallest absolute Gasteiger partial charge is 0.340 e. The van der Waals surface area contributed by atoms with Crippen LogP contribution in [0.1, 0.15) is 36.0 Å². The molecule has 0 saturated heterocycles. The zero-order chi connectivity index (χ0) is 16.8. The van der Waals surface area contributed by atoms with Crippen LogP contribution in [0.25, 0.3) is 0 Å². The molecule has 2 rings (SSSR count). The minimum atomic E-state index is -0.867. The number of nitrogens with one attached hydrogen (secondary N) is 2. The van der Waals surface area contributed by atoms with Gasteiger partial charge in [0.25, 0.3) is 5.91 Å². The summed E-state index contributed by atoms with van der Waals surface area (Å²) >= 11 is 0. The van der Waals surface area contributed by atoms with Gasteiger partial charge in [-0.05, 0) is 31.0 Å². The Morgan fingerprint density at radius 2 is 1.96 bits per heavy atom. The van der Waals surface area contributed by atoms with E-state index in [1.807, 2.05) is 0 Å². The van der Waals surface area contributed by atoms with E-state index < -0.39 is 30.3 Å². The number of anilines is 1. The number of urea groups is 1. The molecule has 0 heterocycles. The molecule has 4 N–H and O–H groups in total. The summed E-state index contributed by atoms with van der Waals surface area (Å²) in [5.41, 5.74) is 5.36. The van der Waals surface area contributed by atoms with Crippen LogP contribution < -0.4 is 16.4 Å². The number of rotatable bonds is 4. The molecule has 0 aromatic heterocycles. The highest BCUT2D eigenvalue weighted by Crippen LogP contribution is 2.17. The summed E-state index contributed by atoms with van der Waals surface area (Å²) in [6.45, 7) is -0.631. The van der Waals surface area contributed by atoms with Gasteiger partial charge in [0.15, 0.2) is 6.61 Å². The Hall–Kier alpha value is -2.64. The first-order valence-electron chi connectivity index (χ1n) is 7.28. The Morgan fingerprint density at radius 3 is 2.61 bits per heavy atom. The lowest BCUT2D eigenvalue weighted by molar-refractivity contribution is -0.123. The van der Waals surface area contributed by atoms with Gasteiger partial charge in [0.05, 0.1) is 5.56 Å². The van der Waals surface area contributed by atoms with Crippen molar-refractivity contribution in [2.24, 2.45) is 0 Å². The average Bonchev–Trinajstić information content (AvgIpc) is 2.97. The minimum Gasteiger partial charge on any atom is -0.452 e. The van der Waals surface area contributed by atoms with Gasteiger partial charge < -0.3 is 15.8 Å². The highest BCUT2D eigenvalue weighted by Gasteiger charge is 2.19. The van der Waals surface area contributed by atoms with Crippen LogP contribution in [0, 0.1) is 5.82 Å². The van der Waals surface area contributed by atoms with E-state index in [1.165, 1.54) is 0 Å². The number of carbonyl (C=O) groups excluding carboxylic acids is 3. The first-order valence-corrected chi connectivity index (χ1v) is 7.28. The largest absolute Gasteiger partial charge is 0.452 e. The van der Waals surface area contributed by atoms with E-state index in [-0.39, 0.29) is 17.3 Å². The third-order valence-electron chi connectivity index (χ3n) is 3.51. The van der Waals surface area contributed by atoms with Crippen LogP contribution in [-0.4, -0.2) is 30.6 Å². The van der Waals surface area contributed by atoms with E-state index in [9.17, 15) is 18.8 Å². The fraction of sp³-hybridized carbons (Fsp3) is 0.400. The van der Waals surface area contributed by atoms with E-state index in [1.54, 1.807) is 0 Å². The molecule has 7 nitrogen and oxygen atoms in total. The average molecular weight is 323 g/mol. The molecule has 1 aromatic carbocycles. The third-order valence-corrected chi connectivity index (χ3v) is 3.51. The molecule has 124 valence electrons. The molecule has 23 heavy (non-hydrogen) atoms. The minimum absolute atomic E-state index is 0.0467. The second-order valence-electron chi connectivity index (χ2n) is 5.31. The van der Waals surface area contributed by atoms with Crippen LogP contribution in [0.3, 0.4) is 0 Å². The highest BCUT2D eigenvalue weighted by molar-refractivity contribution is 5.98. The molecule has 1 fully saturated rings. The van der Waals surface area contributed by atoms with Crippen molar-refractivity contribution in [2.75, 3.05) is 12.3 Å². The molecule has 0 aliphatic heterocycles. The number of carbonyl (C=O) groups is 3. The number of imide groups is 1. The lowest BCUT2D eigenvalue weighted by Crippen LogP contribution is -2.45. The lowest BCUT2D eigenvalue weighted by atomic mass is 10.2. The molecule has 1 aromatic rings. The molecule has 0 bridgehead atoms. The maximum Gasteiger partial charge on any atom is 0.340 e. The second kappa shape index (κ2) is 7.57. The van der Waals surface area contributed by atoms with Gasteiger partial charge in [0.2, 0.25) is 0 Å². The number of hydrogen-bond acceptors (Lipinski definition) is 5. The number of benzene rings is 1. The second-order valence-corrected chi connectivity index (χ2v) is 5.31.